The van der Waals surface area contributed by atoms with Crippen molar-refractivity contribution in [3.8, 4) is 0 Å². The highest BCUT2D eigenvalue weighted by atomic mass is 79.9. The van der Waals surface area contributed by atoms with Crippen molar-refractivity contribution in [2.24, 2.45) is 0 Å². The molecule has 0 saturated heterocycles. The Morgan fingerprint density at radius 3 is 2.60 bits per heavy atom. The number of hydrogen-bond donors (Lipinski definition) is 1. The van der Waals surface area contributed by atoms with Crippen molar-refractivity contribution in [1.29, 1.82) is 0 Å². The first kappa shape index (κ1) is 15.1. The summed E-state index contributed by atoms with van der Waals surface area (Å²) in [6.45, 7) is 2.22. The van der Waals surface area contributed by atoms with E-state index in [9.17, 15) is 13.2 Å². The first-order valence-corrected chi connectivity index (χ1v) is 6.80. The Kier molecular flexibility index (Phi) is 4.55. The molecule has 1 aromatic carbocycles. The van der Waals surface area contributed by atoms with Gasteiger partial charge in [0.2, 0.25) is 0 Å². The molecule has 0 radical (unpaired) electrons. The van der Waals surface area contributed by atoms with Gasteiger partial charge in [-0.2, -0.15) is 13.2 Å². The third kappa shape index (κ3) is 3.86. The summed E-state index contributed by atoms with van der Waals surface area (Å²) in [5.74, 6) is 0.726. The average Bonchev–Trinajstić information content (AvgIpc) is 2.82. The number of nitrogens with one attached hydrogen (secondary N) is 1. The van der Waals surface area contributed by atoms with Crippen molar-refractivity contribution in [2.45, 2.75) is 25.7 Å². The van der Waals surface area contributed by atoms with E-state index >= 15 is 0 Å². The van der Waals surface area contributed by atoms with E-state index < -0.39 is 11.7 Å². The van der Waals surface area contributed by atoms with Crippen LogP contribution in [-0.4, -0.2) is 0 Å². The molecule has 1 N–H and O–H groups in total. The molecule has 0 fully saturated rings. The summed E-state index contributed by atoms with van der Waals surface area (Å²) in [7, 11) is 0. The quantitative estimate of drug-likeness (QED) is 0.849. The zero-order valence-corrected chi connectivity index (χ0v) is 12.3. The van der Waals surface area contributed by atoms with Gasteiger partial charge in [-0.15, -0.1) is 0 Å². The summed E-state index contributed by atoms with van der Waals surface area (Å²) in [6.07, 6.45) is -4.31. The minimum atomic E-state index is -4.31. The van der Waals surface area contributed by atoms with E-state index in [1.807, 2.05) is 13.0 Å². The first-order chi connectivity index (χ1) is 9.36. The summed E-state index contributed by atoms with van der Waals surface area (Å²) in [6, 6.07) is 8.79. The van der Waals surface area contributed by atoms with Crippen molar-refractivity contribution < 1.29 is 17.6 Å². The largest absolute Gasteiger partial charge is 0.453 e. The molecule has 1 atom stereocenters. The van der Waals surface area contributed by atoms with Crippen LogP contribution in [0.5, 0.6) is 0 Å². The zero-order valence-electron chi connectivity index (χ0n) is 10.7. The molecular weight excluding hydrogens is 335 g/mol. The second-order valence-electron chi connectivity index (χ2n) is 4.44. The Bertz CT molecular complexity index is 580. The Balaban J connectivity index is 2.00. The van der Waals surface area contributed by atoms with Crippen LogP contribution < -0.4 is 5.32 Å². The molecule has 0 aliphatic heterocycles. The Morgan fingerprint density at radius 2 is 2.00 bits per heavy atom. The molecule has 108 valence electrons. The molecule has 2 nitrogen and oxygen atoms in total. The smallest absolute Gasteiger partial charge is 0.416 e. The molecule has 1 heterocycles. The number of rotatable bonds is 4. The van der Waals surface area contributed by atoms with E-state index in [1.54, 1.807) is 12.1 Å². The fourth-order valence-electron chi connectivity index (χ4n) is 1.79. The van der Waals surface area contributed by atoms with E-state index in [0.29, 0.717) is 16.8 Å². The van der Waals surface area contributed by atoms with E-state index in [2.05, 4.69) is 21.2 Å². The van der Waals surface area contributed by atoms with Crippen LogP contribution in [0.4, 0.5) is 13.2 Å². The summed E-state index contributed by atoms with van der Waals surface area (Å²) >= 11 is 3.21. The van der Waals surface area contributed by atoms with Gasteiger partial charge in [0.05, 0.1) is 11.6 Å². The maximum atomic E-state index is 12.6. The molecule has 0 amide bonds. The van der Waals surface area contributed by atoms with Crippen molar-refractivity contribution in [2.75, 3.05) is 0 Å². The van der Waals surface area contributed by atoms with Gasteiger partial charge in [-0.1, -0.05) is 18.2 Å². The van der Waals surface area contributed by atoms with E-state index in [4.69, 9.17) is 4.42 Å². The second-order valence-corrected chi connectivity index (χ2v) is 5.22. The predicted octanol–water partition coefficient (Wildman–Crippen LogP) is 4.91. The molecule has 2 rings (SSSR count). The second kappa shape index (κ2) is 6.01. The topological polar surface area (TPSA) is 25.2 Å². The molecule has 0 spiro atoms. The van der Waals surface area contributed by atoms with Crippen LogP contribution in [0.2, 0.25) is 0 Å². The maximum Gasteiger partial charge on any atom is 0.416 e. The van der Waals surface area contributed by atoms with Crippen LogP contribution in [0, 0.1) is 0 Å². The summed E-state index contributed by atoms with van der Waals surface area (Å²) in [5, 5.41) is 3.13. The highest BCUT2D eigenvalue weighted by Gasteiger charge is 2.30. The SMILES string of the molecule is CC(NCc1cccc(C(F)(F)F)c1)c1ccc(Br)o1. The standard InChI is InChI=1S/C14H13BrF3NO/c1-9(12-5-6-13(15)20-12)19-8-10-3-2-4-11(7-10)14(16,17)18/h2-7,9,19H,8H2,1H3. The molecule has 0 aliphatic rings. The zero-order chi connectivity index (χ0) is 14.8. The van der Waals surface area contributed by atoms with Crippen LogP contribution in [0.15, 0.2) is 45.5 Å². The van der Waals surface area contributed by atoms with Gasteiger partial charge in [0, 0.05) is 6.54 Å². The lowest BCUT2D eigenvalue weighted by molar-refractivity contribution is -0.137. The highest BCUT2D eigenvalue weighted by molar-refractivity contribution is 9.10. The number of benzene rings is 1. The normalized spacial score (nSPS) is 13.4. The van der Waals surface area contributed by atoms with Gasteiger partial charge in [-0.25, -0.2) is 0 Å². The van der Waals surface area contributed by atoms with Crippen LogP contribution in [0.3, 0.4) is 0 Å². The third-order valence-corrected chi connectivity index (χ3v) is 3.31. The monoisotopic (exact) mass is 347 g/mol. The summed E-state index contributed by atoms with van der Waals surface area (Å²) < 4.78 is 43.8. The lowest BCUT2D eigenvalue weighted by Gasteiger charge is -2.13. The average molecular weight is 348 g/mol. The van der Waals surface area contributed by atoms with Gasteiger partial charge < -0.3 is 9.73 Å². The number of halogens is 4. The first-order valence-electron chi connectivity index (χ1n) is 6.01. The number of furan rings is 1. The summed E-state index contributed by atoms with van der Waals surface area (Å²) in [5.41, 5.74) is -0.0532. The molecular formula is C14H13BrF3NO. The fourth-order valence-corrected chi connectivity index (χ4v) is 2.11. The van der Waals surface area contributed by atoms with Gasteiger partial charge in [0.15, 0.2) is 4.67 Å². The third-order valence-electron chi connectivity index (χ3n) is 2.89. The van der Waals surface area contributed by atoms with Crippen molar-refractivity contribution in [3.63, 3.8) is 0 Å². The molecule has 1 unspecified atom stereocenters. The van der Waals surface area contributed by atoms with E-state index in [-0.39, 0.29) is 6.04 Å². The van der Waals surface area contributed by atoms with Gasteiger partial charge in [-0.3, -0.25) is 0 Å². The molecule has 0 saturated carbocycles. The molecule has 1 aromatic heterocycles. The molecule has 20 heavy (non-hydrogen) atoms. The van der Waals surface area contributed by atoms with Crippen molar-refractivity contribution in [1.82, 2.24) is 5.32 Å². The van der Waals surface area contributed by atoms with Gasteiger partial charge >= 0.3 is 6.18 Å². The van der Waals surface area contributed by atoms with Gasteiger partial charge in [0.25, 0.3) is 0 Å². The minimum absolute atomic E-state index is 0.0872. The van der Waals surface area contributed by atoms with Gasteiger partial charge in [0.1, 0.15) is 5.76 Å². The minimum Gasteiger partial charge on any atom is -0.453 e. The maximum absolute atomic E-state index is 12.6. The Hall–Kier alpha value is -1.27. The number of hydrogen-bond acceptors (Lipinski definition) is 2. The van der Waals surface area contributed by atoms with Crippen molar-refractivity contribution in [3.05, 3.63) is 58.0 Å². The molecule has 2 aromatic rings. The van der Waals surface area contributed by atoms with Crippen LogP contribution >= 0.6 is 15.9 Å². The molecule has 0 bridgehead atoms. The van der Waals surface area contributed by atoms with Crippen molar-refractivity contribution >= 4 is 15.9 Å². The van der Waals surface area contributed by atoms with Crippen LogP contribution in [0.1, 0.15) is 29.9 Å². The fraction of sp³-hybridized carbons (Fsp3) is 0.286. The lowest BCUT2D eigenvalue weighted by Crippen LogP contribution is -2.18. The van der Waals surface area contributed by atoms with Crippen LogP contribution in [-0.2, 0) is 12.7 Å². The Labute approximate surface area is 123 Å². The lowest BCUT2D eigenvalue weighted by atomic mass is 10.1. The number of alkyl halides is 3. The van der Waals surface area contributed by atoms with Crippen LogP contribution in [0.25, 0.3) is 0 Å². The predicted molar refractivity (Wildman–Crippen MR) is 73.1 cm³/mol. The molecule has 0 aliphatic carbocycles. The molecule has 6 heteroatoms. The summed E-state index contributed by atoms with van der Waals surface area (Å²) in [4.78, 5) is 0. The van der Waals surface area contributed by atoms with Gasteiger partial charge in [-0.05, 0) is 46.6 Å². The van der Waals surface area contributed by atoms with E-state index in [1.165, 1.54) is 6.07 Å². The van der Waals surface area contributed by atoms with E-state index in [0.717, 1.165) is 17.9 Å². The highest BCUT2D eigenvalue weighted by Crippen LogP contribution is 2.29. The Morgan fingerprint density at radius 1 is 1.25 bits per heavy atom.